The molecule has 3 rings (SSSR count). The number of aryl methyl sites for hydroxylation is 1. The van der Waals surface area contributed by atoms with Crippen LogP contribution in [0.4, 0.5) is 14.5 Å². The van der Waals surface area contributed by atoms with Crippen LogP contribution >= 0.6 is 11.3 Å². The van der Waals surface area contributed by atoms with E-state index in [0.717, 1.165) is 31.4 Å². The quantitative estimate of drug-likeness (QED) is 0.827. The molecule has 0 unspecified atom stereocenters. The lowest BCUT2D eigenvalue weighted by Gasteiger charge is -2.19. The van der Waals surface area contributed by atoms with Gasteiger partial charge in [0.15, 0.2) is 0 Å². The molecular weight excluding hydrogens is 370 g/mol. The van der Waals surface area contributed by atoms with Crippen molar-refractivity contribution in [2.24, 2.45) is 5.92 Å². The number of nitrogens with one attached hydrogen (secondary N) is 1. The van der Waals surface area contributed by atoms with Gasteiger partial charge in [-0.05, 0) is 55.9 Å². The highest BCUT2D eigenvalue weighted by Crippen LogP contribution is 2.32. The summed E-state index contributed by atoms with van der Waals surface area (Å²) >= 11 is 1.48. The fourth-order valence-corrected chi connectivity index (χ4v) is 4.44. The second-order valence-electron chi connectivity index (χ2n) is 6.87. The molecule has 0 saturated heterocycles. The predicted octanol–water partition coefficient (Wildman–Crippen LogP) is 4.25. The van der Waals surface area contributed by atoms with Gasteiger partial charge in [-0.2, -0.15) is 0 Å². The number of thiophene rings is 1. The highest BCUT2D eigenvalue weighted by atomic mass is 32.1. The van der Waals surface area contributed by atoms with Gasteiger partial charge >= 0.3 is 0 Å². The monoisotopic (exact) mass is 392 g/mol. The van der Waals surface area contributed by atoms with Gasteiger partial charge in [-0.1, -0.05) is 13.0 Å². The average Bonchev–Trinajstić information content (AvgIpc) is 3.05. The maximum Gasteiger partial charge on any atom is 0.264 e. The van der Waals surface area contributed by atoms with Crippen LogP contribution in [0, 0.1) is 17.6 Å². The molecule has 1 heterocycles. The van der Waals surface area contributed by atoms with Gasteiger partial charge in [-0.25, -0.2) is 8.78 Å². The molecule has 0 fully saturated rings. The normalized spacial score (nSPS) is 15.9. The molecule has 0 aliphatic heterocycles. The summed E-state index contributed by atoms with van der Waals surface area (Å²) in [6.45, 7) is 4.03. The number of carbonyl (C=O) groups is 2. The first-order valence-corrected chi connectivity index (χ1v) is 9.85. The van der Waals surface area contributed by atoms with Crippen LogP contribution in [0.3, 0.4) is 0 Å². The molecule has 2 aromatic rings. The van der Waals surface area contributed by atoms with Crippen LogP contribution in [0.2, 0.25) is 0 Å². The highest BCUT2D eigenvalue weighted by Gasteiger charge is 2.24. The molecule has 1 atom stereocenters. The van der Waals surface area contributed by atoms with Crippen LogP contribution in [0.5, 0.6) is 0 Å². The lowest BCUT2D eigenvalue weighted by Crippen LogP contribution is -2.37. The highest BCUT2D eigenvalue weighted by molar-refractivity contribution is 7.14. The summed E-state index contributed by atoms with van der Waals surface area (Å²) in [6, 6.07) is 5.29. The topological polar surface area (TPSA) is 49.4 Å². The van der Waals surface area contributed by atoms with E-state index in [0.29, 0.717) is 17.3 Å². The Morgan fingerprint density at radius 2 is 2.00 bits per heavy atom. The van der Waals surface area contributed by atoms with Crippen molar-refractivity contribution in [2.45, 2.75) is 33.1 Å². The molecule has 1 N–H and O–H groups in total. The minimum Gasteiger partial charge on any atom is -0.329 e. The van der Waals surface area contributed by atoms with E-state index >= 15 is 0 Å². The van der Waals surface area contributed by atoms with Gasteiger partial charge in [0.05, 0.1) is 4.88 Å². The second-order valence-corrected chi connectivity index (χ2v) is 8.01. The first-order valence-electron chi connectivity index (χ1n) is 9.03. The molecule has 2 amide bonds. The summed E-state index contributed by atoms with van der Waals surface area (Å²) < 4.78 is 27.4. The number of hydrogen-bond donors (Lipinski definition) is 1. The largest absolute Gasteiger partial charge is 0.329 e. The standard InChI is InChI=1S/C20H22F2N2O2S/c1-3-24(11-18(25)23-19-14(21)5-4-6-15(19)22)20(26)17-10-13-9-12(2)7-8-16(13)27-17/h4-6,10,12H,3,7-9,11H2,1-2H3,(H,23,25)/t12-/m0/s1. The molecule has 1 aromatic carbocycles. The molecule has 0 saturated carbocycles. The van der Waals surface area contributed by atoms with E-state index in [1.54, 1.807) is 6.92 Å². The molecule has 7 heteroatoms. The minimum absolute atomic E-state index is 0.228. The van der Waals surface area contributed by atoms with E-state index in [2.05, 4.69) is 12.2 Å². The van der Waals surface area contributed by atoms with E-state index in [9.17, 15) is 18.4 Å². The minimum atomic E-state index is -0.849. The summed E-state index contributed by atoms with van der Waals surface area (Å²) in [6.07, 6.45) is 3.07. The van der Waals surface area contributed by atoms with E-state index in [1.807, 2.05) is 6.07 Å². The number of nitrogens with zero attached hydrogens (tertiary/aromatic N) is 1. The number of para-hydroxylation sites is 1. The third-order valence-electron chi connectivity index (χ3n) is 4.77. The zero-order valence-electron chi connectivity index (χ0n) is 15.4. The van der Waals surface area contributed by atoms with Crippen LogP contribution in [0.15, 0.2) is 24.3 Å². The van der Waals surface area contributed by atoms with E-state index in [4.69, 9.17) is 0 Å². The number of fused-ring (bicyclic) bond motifs is 1. The lowest BCUT2D eigenvalue weighted by molar-refractivity contribution is -0.116. The van der Waals surface area contributed by atoms with E-state index < -0.39 is 23.2 Å². The van der Waals surface area contributed by atoms with Crippen LogP contribution in [-0.2, 0) is 17.6 Å². The lowest BCUT2D eigenvalue weighted by atomic mass is 9.90. The number of rotatable bonds is 5. The van der Waals surface area contributed by atoms with Crippen molar-refractivity contribution >= 4 is 28.8 Å². The number of carbonyl (C=O) groups excluding carboxylic acids is 2. The van der Waals surface area contributed by atoms with Crippen molar-refractivity contribution in [3.63, 3.8) is 0 Å². The summed E-state index contributed by atoms with van der Waals surface area (Å²) in [7, 11) is 0. The summed E-state index contributed by atoms with van der Waals surface area (Å²) in [5, 5.41) is 2.22. The maximum absolute atomic E-state index is 13.7. The fourth-order valence-electron chi connectivity index (χ4n) is 3.26. The van der Waals surface area contributed by atoms with Crippen molar-refractivity contribution in [3.8, 4) is 0 Å². The van der Waals surface area contributed by atoms with Gasteiger partial charge in [-0.15, -0.1) is 11.3 Å². The molecule has 1 aromatic heterocycles. The van der Waals surface area contributed by atoms with Crippen molar-refractivity contribution < 1.29 is 18.4 Å². The Bertz CT molecular complexity index is 845. The van der Waals surface area contributed by atoms with E-state index in [-0.39, 0.29) is 12.5 Å². The first-order chi connectivity index (χ1) is 12.9. The first kappa shape index (κ1) is 19.5. The number of hydrogen-bond acceptors (Lipinski definition) is 3. The van der Waals surface area contributed by atoms with Crippen LogP contribution in [0.25, 0.3) is 0 Å². The number of benzene rings is 1. The smallest absolute Gasteiger partial charge is 0.264 e. The Labute approximate surface area is 161 Å². The van der Waals surface area contributed by atoms with Crippen molar-refractivity contribution in [1.82, 2.24) is 4.90 Å². The Morgan fingerprint density at radius 3 is 2.67 bits per heavy atom. The molecule has 4 nitrogen and oxygen atoms in total. The number of halogens is 2. The van der Waals surface area contributed by atoms with E-state index in [1.165, 1.54) is 32.7 Å². The van der Waals surface area contributed by atoms with Gasteiger partial charge in [0, 0.05) is 11.4 Å². The number of amides is 2. The summed E-state index contributed by atoms with van der Waals surface area (Å²) in [5.74, 6) is -1.95. The van der Waals surface area contributed by atoms with Crippen molar-refractivity contribution in [2.75, 3.05) is 18.4 Å². The van der Waals surface area contributed by atoms with Gasteiger partial charge in [0.2, 0.25) is 5.91 Å². The van der Waals surface area contributed by atoms with Crippen molar-refractivity contribution in [3.05, 3.63) is 51.2 Å². The Hall–Kier alpha value is -2.28. The molecular formula is C20H22F2N2O2S. The zero-order chi connectivity index (χ0) is 19.6. The maximum atomic E-state index is 13.7. The second kappa shape index (κ2) is 8.17. The third kappa shape index (κ3) is 4.35. The van der Waals surface area contributed by atoms with Gasteiger partial charge in [-0.3, -0.25) is 9.59 Å². The Morgan fingerprint density at radius 1 is 1.30 bits per heavy atom. The molecule has 144 valence electrons. The average molecular weight is 392 g/mol. The molecule has 27 heavy (non-hydrogen) atoms. The van der Waals surface area contributed by atoms with Crippen molar-refractivity contribution in [1.29, 1.82) is 0 Å². The van der Waals surface area contributed by atoms with Crippen LogP contribution in [-0.4, -0.2) is 29.8 Å². The van der Waals surface area contributed by atoms with Gasteiger partial charge < -0.3 is 10.2 Å². The molecule has 1 aliphatic rings. The Kier molecular flexibility index (Phi) is 5.89. The summed E-state index contributed by atoms with van der Waals surface area (Å²) in [4.78, 5) is 28.3. The fraction of sp³-hybridized carbons (Fsp3) is 0.400. The van der Waals surface area contributed by atoms with Crippen LogP contribution < -0.4 is 5.32 Å². The molecule has 0 spiro atoms. The third-order valence-corrected chi connectivity index (χ3v) is 6.00. The van der Waals surface area contributed by atoms with Gasteiger partial charge in [0.25, 0.3) is 5.91 Å². The van der Waals surface area contributed by atoms with Crippen LogP contribution in [0.1, 0.15) is 40.4 Å². The molecule has 0 radical (unpaired) electrons. The Balaban J connectivity index is 1.69. The zero-order valence-corrected chi connectivity index (χ0v) is 16.2. The molecule has 1 aliphatic carbocycles. The number of anilines is 1. The summed E-state index contributed by atoms with van der Waals surface area (Å²) in [5.41, 5.74) is 0.725. The molecule has 0 bridgehead atoms. The van der Waals surface area contributed by atoms with Gasteiger partial charge in [0.1, 0.15) is 23.9 Å². The SMILES string of the molecule is CCN(CC(=O)Nc1c(F)cccc1F)C(=O)c1cc2c(s1)CC[C@H](C)C2. The predicted molar refractivity (Wildman–Crippen MR) is 102 cm³/mol. The number of likely N-dealkylation sites (N-methyl/N-ethyl adjacent to an activating group) is 1.